The van der Waals surface area contributed by atoms with Crippen LogP contribution < -0.4 is 10.1 Å². The monoisotopic (exact) mass is 439 g/mol. The number of hydrogen-bond acceptors (Lipinski definition) is 5. The highest BCUT2D eigenvalue weighted by atomic mass is 35.5. The number of nitrogens with one attached hydrogen (secondary N) is 1. The van der Waals surface area contributed by atoms with Gasteiger partial charge >= 0.3 is 12.1 Å². The molecule has 1 aromatic rings. The number of unbranched alkanes of at least 4 members (excludes halogenated alkanes) is 4. The fourth-order valence-corrected chi connectivity index (χ4v) is 2.68. The molecule has 1 amide bonds. The number of rotatable bonds is 13. The SMILES string of the molecule is C=C(C)C(OC(=O)Nc1ccc(Cl)c(OCCCCCCC)c1)C(=O)OCC(C)C. The largest absolute Gasteiger partial charge is 0.492 e. The number of carbonyl (C=O) groups is 2. The number of benzene rings is 1. The zero-order valence-corrected chi connectivity index (χ0v) is 19.2. The van der Waals surface area contributed by atoms with Gasteiger partial charge in [0.05, 0.1) is 18.2 Å². The maximum absolute atomic E-state index is 12.3. The summed E-state index contributed by atoms with van der Waals surface area (Å²) in [6, 6.07) is 4.89. The van der Waals surface area contributed by atoms with Gasteiger partial charge in [0, 0.05) is 11.8 Å². The van der Waals surface area contributed by atoms with Crippen molar-refractivity contribution in [2.45, 2.75) is 65.9 Å². The summed E-state index contributed by atoms with van der Waals surface area (Å²) < 4.78 is 16.1. The lowest BCUT2D eigenvalue weighted by atomic mass is 10.2. The summed E-state index contributed by atoms with van der Waals surface area (Å²) in [4.78, 5) is 24.4. The standard InChI is InChI=1S/C23H34ClNO5/c1-6-7-8-9-10-13-28-20-14-18(11-12-19(20)24)25-23(27)30-21(17(4)5)22(26)29-15-16(2)3/h11-12,14,16,21H,4,6-10,13,15H2,1-3,5H3,(H,25,27). The van der Waals surface area contributed by atoms with Gasteiger partial charge in [-0.15, -0.1) is 0 Å². The maximum atomic E-state index is 12.3. The first-order chi connectivity index (χ1) is 14.2. The molecule has 7 heteroatoms. The quantitative estimate of drug-likeness (QED) is 0.219. The van der Waals surface area contributed by atoms with Crippen molar-refractivity contribution in [2.75, 3.05) is 18.5 Å². The third-order valence-corrected chi connectivity index (χ3v) is 4.44. The van der Waals surface area contributed by atoms with Crippen LogP contribution in [0.1, 0.15) is 59.8 Å². The second-order valence-corrected chi connectivity index (χ2v) is 8.10. The molecule has 30 heavy (non-hydrogen) atoms. The Labute approximate surface area is 184 Å². The number of esters is 1. The minimum Gasteiger partial charge on any atom is -0.492 e. The van der Waals surface area contributed by atoms with E-state index in [1.807, 2.05) is 13.8 Å². The van der Waals surface area contributed by atoms with E-state index in [0.717, 1.165) is 12.8 Å². The van der Waals surface area contributed by atoms with Gasteiger partial charge in [0.1, 0.15) is 5.75 Å². The van der Waals surface area contributed by atoms with Crippen LogP contribution in [0.2, 0.25) is 5.02 Å². The number of carbonyl (C=O) groups excluding carboxylic acids is 2. The molecule has 0 aliphatic rings. The van der Waals surface area contributed by atoms with Crippen LogP contribution in [0.3, 0.4) is 0 Å². The van der Waals surface area contributed by atoms with Crippen LogP contribution in [0.25, 0.3) is 0 Å². The summed E-state index contributed by atoms with van der Waals surface area (Å²) in [6.07, 6.45) is 3.67. The Bertz CT molecular complexity index is 705. The molecular formula is C23H34ClNO5. The van der Waals surface area contributed by atoms with Crippen LogP contribution in [0, 0.1) is 5.92 Å². The lowest BCUT2D eigenvalue weighted by Crippen LogP contribution is -2.32. The minimum atomic E-state index is -1.17. The van der Waals surface area contributed by atoms with E-state index in [1.165, 1.54) is 19.3 Å². The van der Waals surface area contributed by atoms with Crippen molar-refractivity contribution in [3.8, 4) is 5.75 Å². The number of halogens is 1. The zero-order valence-electron chi connectivity index (χ0n) is 18.5. The van der Waals surface area contributed by atoms with E-state index in [9.17, 15) is 9.59 Å². The van der Waals surface area contributed by atoms with Crippen LogP contribution in [-0.2, 0) is 14.3 Å². The van der Waals surface area contributed by atoms with Crippen LogP contribution >= 0.6 is 11.6 Å². The molecular weight excluding hydrogens is 406 g/mol. The summed E-state index contributed by atoms with van der Waals surface area (Å²) in [5.41, 5.74) is 0.823. The molecule has 6 nitrogen and oxygen atoms in total. The van der Waals surface area contributed by atoms with Crippen molar-refractivity contribution in [3.63, 3.8) is 0 Å². The van der Waals surface area contributed by atoms with Crippen molar-refractivity contribution in [1.82, 2.24) is 0 Å². The molecule has 0 bridgehead atoms. The van der Waals surface area contributed by atoms with Crippen molar-refractivity contribution >= 4 is 29.4 Å². The maximum Gasteiger partial charge on any atom is 0.412 e. The predicted molar refractivity (Wildman–Crippen MR) is 120 cm³/mol. The van der Waals surface area contributed by atoms with Gasteiger partial charge in [-0.05, 0) is 37.0 Å². The molecule has 0 heterocycles. The molecule has 0 aliphatic carbocycles. The lowest BCUT2D eigenvalue weighted by molar-refractivity contribution is -0.152. The van der Waals surface area contributed by atoms with Crippen LogP contribution in [0.15, 0.2) is 30.4 Å². The molecule has 0 saturated heterocycles. The van der Waals surface area contributed by atoms with Crippen LogP contribution in [0.4, 0.5) is 10.5 Å². The predicted octanol–water partition coefficient (Wildman–Crippen LogP) is 6.38. The van der Waals surface area contributed by atoms with Crippen molar-refractivity contribution in [1.29, 1.82) is 0 Å². The van der Waals surface area contributed by atoms with Gasteiger partial charge in [0.15, 0.2) is 0 Å². The first-order valence-corrected chi connectivity index (χ1v) is 10.8. The molecule has 0 radical (unpaired) electrons. The number of ether oxygens (including phenoxy) is 3. The summed E-state index contributed by atoms with van der Waals surface area (Å²) in [6.45, 7) is 12.1. The Morgan fingerprint density at radius 3 is 2.50 bits per heavy atom. The average molecular weight is 440 g/mol. The first kappa shape index (κ1) is 25.8. The number of anilines is 1. The fraction of sp³-hybridized carbons (Fsp3) is 0.565. The smallest absolute Gasteiger partial charge is 0.412 e. The van der Waals surface area contributed by atoms with Crippen molar-refractivity contribution in [2.24, 2.45) is 5.92 Å². The van der Waals surface area contributed by atoms with Gasteiger partial charge in [-0.3, -0.25) is 5.32 Å². The third kappa shape index (κ3) is 10.0. The Morgan fingerprint density at radius 2 is 1.87 bits per heavy atom. The van der Waals surface area contributed by atoms with E-state index in [1.54, 1.807) is 25.1 Å². The molecule has 1 N–H and O–H groups in total. The van der Waals surface area contributed by atoms with E-state index in [4.69, 9.17) is 25.8 Å². The van der Waals surface area contributed by atoms with E-state index < -0.39 is 18.2 Å². The molecule has 1 aromatic carbocycles. The molecule has 0 aromatic heterocycles. The minimum absolute atomic E-state index is 0.174. The van der Waals surface area contributed by atoms with Crippen molar-refractivity contribution in [3.05, 3.63) is 35.4 Å². The Morgan fingerprint density at radius 1 is 1.17 bits per heavy atom. The Balaban J connectivity index is 2.62. The zero-order chi connectivity index (χ0) is 22.5. The topological polar surface area (TPSA) is 73.9 Å². The lowest BCUT2D eigenvalue weighted by Gasteiger charge is -2.18. The van der Waals surface area contributed by atoms with Gasteiger partial charge in [0.2, 0.25) is 6.10 Å². The van der Waals surface area contributed by atoms with Crippen LogP contribution in [0.5, 0.6) is 5.75 Å². The molecule has 0 aliphatic heterocycles. The third-order valence-electron chi connectivity index (χ3n) is 4.13. The van der Waals surface area contributed by atoms with Crippen LogP contribution in [-0.4, -0.2) is 31.4 Å². The number of amides is 1. The molecule has 0 fully saturated rings. The molecule has 168 valence electrons. The molecule has 1 atom stereocenters. The highest BCUT2D eigenvalue weighted by Gasteiger charge is 2.26. The fourth-order valence-electron chi connectivity index (χ4n) is 2.51. The summed E-state index contributed by atoms with van der Waals surface area (Å²) in [5.74, 6) is 0.0139. The Hall–Kier alpha value is -2.21. The van der Waals surface area contributed by atoms with Gasteiger partial charge in [-0.2, -0.15) is 0 Å². The summed E-state index contributed by atoms with van der Waals surface area (Å²) >= 11 is 6.18. The molecule has 1 unspecified atom stereocenters. The number of hydrogen-bond donors (Lipinski definition) is 1. The van der Waals surface area contributed by atoms with E-state index in [-0.39, 0.29) is 12.5 Å². The highest BCUT2D eigenvalue weighted by molar-refractivity contribution is 6.32. The Kier molecular flexibility index (Phi) is 12.0. The van der Waals surface area contributed by atoms with E-state index in [2.05, 4.69) is 18.8 Å². The normalized spacial score (nSPS) is 11.7. The molecule has 1 rings (SSSR count). The highest BCUT2D eigenvalue weighted by Crippen LogP contribution is 2.28. The molecule has 0 saturated carbocycles. The second-order valence-electron chi connectivity index (χ2n) is 7.69. The van der Waals surface area contributed by atoms with Gasteiger partial charge in [-0.1, -0.05) is 64.6 Å². The van der Waals surface area contributed by atoms with Gasteiger partial charge in [-0.25, -0.2) is 9.59 Å². The summed E-state index contributed by atoms with van der Waals surface area (Å²) in [5, 5.41) is 3.04. The molecule has 0 spiro atoms. The summed E-state index contributed by atoms with van der Waals surface area (Å²) in [7, 11) is 0. The van der Waals surface area contributed by atoms with E-state index >= 15 is 0 Å². The van der Waals surface area contributed by atoms with Gasteiger partial charge < -0.3 is 14.2 Å². The van der Waals surface area contributed by atoms with E-state index in [0.29, 0.717) is 28.6 Å². The van der Waals surface area contributed by atoms with Gasteiger partial charge in [0.25, 0.3) is 0 Å². The van der Waals surface area contributed by atoms with Crippen molar-refractivity contribution < 1.29 is 23.8 Å². The second kappa shape index (κ2) is 13.9. The average Bonchev–Trinajstić information content (AvgIpc) is 2.68. The first-order valence-electron chi connectivity index (χ1n) is 10.5.